The number of amides is 1. The minimum atomic E-state index is -0.719. The quantitative estimate of drug-likeness (QED) is 0.785. The molecular weight excluding hydrogens is 318 g/mol. The van der Waals surface area contributed by atoms with Crippen LogP contribution in [0.3, 0.4) is 0 Å². The zero-order chi connectivity index (χ0) is 17.6. The summed E-state index contributed by atoms with van der Waals surface area (Å²) in [7, 11) is 1.52. The van der Waals surface area contributed by atoms with E-state index in [-0.39, 0.29) is 19.1 Å². The fourth-order valence-electron chi connectivity index (χ4n) is 3.29. The number of nitrogens with zero attached hydrogens (tertiary/aromatic N) is 2. The Hall–Kier alpha value is -2.18. The van der Waals surface area contributed by atoms with E-state index in [2.05, 4.69) is 10.4 Å². The standard InChI is InChI=1S/C19H25N3O3/c1-25-13-15(23)12-20-19(24)18-16-10-6-3-7-11-17(16)22(21-18)14-8-4-2-5-9-14/h2,4-5,8-9,15,23H,3,6-7,10-13H2,1H3,(H,20,24). The zero-order valence-corrected chi connectivity index (χ0v) is 14.6. The largest absolute Gasteiger partial charge is 0.389 e. The minimum Gasteiger partial charge on any atom is -0.389 e. The van der Waals surface area contributed by atoms with Crippen molar-refractivity contribution in [2.24, 2.45) is 0 Å². The first-order chi connectivity index (χ1) is 12.2. The molecule has 1 unspecified atom stereocenters. The molecule has 0 radical (unpaired) electrons. The van der Waals surface area contributed by atoms with Crippen molar-refractivity contribution in [2.45, 2.75) is 38.2 Å². The van der Waals surface area contributed by atoms with Crippen molar-refractivity contribution in [2.75, 3.05) is 20.3 Å². The fraction of sp³-hybridized carbons (Fsp3) is 0.474. The SMILES string of the molecule is COCC(O)CNC(=O)c1nn(-c2ccccc2)c2c1CCCCC2. The van der Waals surface area contributed by atoms with E-state index < -0.39 is 6.10 Å². The number of hydrogen-bond donors (Lipinski definition) is 2. The predicted octanol–water partition coefficient (Wildman–Crippen LogP) is 1.88. The number of benzene rings is 1. The lowest BCUT2D eigenvalue weighted by Crippen LogP contribution is -2.35. The van der Waals surface area contributed by atoms with Gasteiger partial charge in [-0.2, -0.15) is 5.10 Å². The zero-order valence-electron chi connectivity index (χ0n) is 14.6. The first-order valence-corrected chi connectivity index (χ1v) is 8.82. The van der Waals surface area contributed by atoms with Crippen LogP contribution in [-0.2, 0) is 17.6 Å². The Labute approximate surface area is 147 Å². The van der Waals surface area contributed by atoms with E-state index in [9.17, 15) is 9.90 Å². The normalized spacial score (nSPS) is 15.3. The first kappa shape index (κ1) is 17.6. The molecule has 1 atom stereocenters. The summed E-state index contributed by atoms with van der Waals surface area (Å²) < 4.78 is 6.79. The van der Waals surface area contributed by atoms with E-state index in [0.717, 1.165) is 49.0 Å². The summed E-state index contributed by atoms with van der Waals surface area (Å²) in [6.07, 6.45) is 4.42. The Balaban J connectivity index is 1.88. The maximum Gasteiger partial charge on any atom is 0.272 e. The van der Waals surface area contributed by atoms with Crippen LogP contribution in [0.4, 0.5) is 0 Å². The second kappa shape index (κ2) is 8.27. The topological polar surface area (TPSA) is 76.4 Å². The molecular formula is C19H25N3O3. The second-order valence-electron chi connectivity index (χ2n) is 6.40. The molecule has 6 heteroatoms. The molecule has 6 nitrogen and oxygen atoms in total. The number of hydrogen-bond acceptors (Lipinski definition) is 4. The van der Waals surface area contributed by atoms with E-state index in [0.29, 0.717) is 5.69 Å². The molecule has 0 saturated carbocycles. The number of aromatic nitrogens is 2. The van der Waals surface area contributed by atoms with Gasteiger partial charge in [0.15, 0.2) is 5.69 Å². The third-order valence-corrected chi connectivity index (χ3v) is 4.50. The van der Waals surface area contributed by atoms with Gasteiger partial charge >= 0.3 is 0 Å². The van der Waals surface area contributed by atoms with E-state index in [1.165, 1.54) is 7.11 Å². The Morgan fingerprint density at radius 1 is 1.28 bits per heavy atom. The van der Waals surface area contributed by atoms with Gasteiger partial charge in [-0.1, -0.05) is 24.6 Å². The van der Waals surface area contributed by atoms with Crippen LogP contribution >= 0.6 is 0 Å². The average Bonchev–Trinajstić information content (AvgIpc) is 2.82. The van der Waals surface area contributed by atoms with Gasteiger partial charge in [-0.3, -0.25) is 4.79 Å². The Morgan fingerprint density at radius 3 is 2.80 bits per heavy atom. The molecule has 1 aromatic heterocycles. The molecule has 0 spiro atoms. The van der Waals surface area contributed by atoms with Gasteiger partial charge in [-0.25, -0.2) is 4.68 Å². The fourth-order valence-corrected chi connectivity index (χ4v) is 3.29. The molecule has 0 saturated heterocycles. The van der Waals surface area contributed by atoms with Gasteiger partial charge in [-0.05, 0) is 37.8 Å². The Kier molecular flexibility index (Phi) is 5.83. The maximum absolute atomic E-state index is 12.6. The van der Waals surface area contributed by atoms with Crippen LogP contribution in [0.15, 0.2) is 30.3 Å². The van der Waals surface area contributed by atoms with E-state index in [1.807, 2.05) is 35.0 Å². The van der Waals surface area contributed by atoms with Gasteiger partial charge in [-0.15, -0.1) is 0 Å². The molecule has 134 valence electrons. The van der Waals surface area contributed by atoms with Crippen LogP contribution in [0.1, 0.15) is 41.0 Å². The second-order valence-corrected chi connectivity index (χ2v) is 6.40. The molecule has 1 aromatic carbocycles. The predicted molar refractivity (Wildman–Crippen MR) is 95.0 cm³/mol. The molecule has 25 heavy (non-hydrogen) atoms. The van der Waals surface area contributed by atoms with Crippen LogP contribution in [-0.4, -0.2) is 47.2 Å². The van der Waals surface area contributed by atoms with Gasteiger partial charge in [0.05, 0.1) is 18.4 Å². The summed E-state index contributed by atoms with van der Waals surface area (Å²) in [5.41, 5.74) is 3.62. The summed E-state index contributed by atoms with van der Waals surface area (Å²) in [6, 6.07) is 9.92. The van der Waals surface area contributed by atoms with Crippen LogP contribution in [0.2, 0.25) is 0 Å². The number of aliphatic hydroxyl groups excluding tert-OH is 1. The van der Waals surface area contributed by atoms with Gasteiger partial charge in [0.1, 0.15) is 0 Å². The summed E-state index contributed by atoms with van der Waals surface area (Å²) in [5, 5.41) is 17.1. The number of carbonyl (C=O) groups is 1. The first-order valence-electron chi connectivity index (χ1n) is 8.82. The number of aliphatic hydroxyl groups is 1. The monoisotopic (exact) mass is 343 g/mol. The van der Waals surface area contributed by atoms with Gasteiger partial charge < -0.3 is 15.2 Å². The average molecular weight is 343 g/mol. The van der Waals surface area contributed by atoms with Crippen molar-refractivity contribution < 1.29 is 14.6 Å². The maximum atomic E-state index is 12.6. The van der Waals surface area contributed by atoms with E-state index in [1.54, 1.807) is 0 Å². The number of ether oxygens (including phenoxy) is 1. The molecule has 1 aliphatic rings. The molecule has 0 aliphatic heterocycles. The van der Waals surface area contributed by atoms with Crippen molar-refractivity contribution in [3.05, 3.63) is 47.3 Å². The van der Waals surface area contributed by atoms with Gasteiger partial charge in [0, 0.05) is 24.9 Å². The molecule has 1 amide bonds. The number of para-hydroxylation sites is 1. The number of methoxy groups -OCH3 is 1. The molecule has 1 aliphatic carbocycles. The van der Waals surface area contributed by atoms with Crippen LogP contribution in [0.25, 0.3) is 5.69 Å². The lowest BCUT2D eigenvalue weighted by molar-refractivity contribution is 0.0608. The van der Waals surface area contributed by atoms with E-state index >= 15 is 0 Å². The number of fused-ring (bicyclic) bond motifs is 1. The minimum absolute atomic E-state index is 0.152. The highest BCUT2D eigenvalue weighted by Crippen LogP contribution is 2.26. The van der Waals surface area contributed by atoms with Crippen molar-refractivity contribution in [1.29, 1.82) is 0 Å². The van der Waals surface area contributed by atoms with Crippen molar-refractivity contribution >= 4 is 5.91 Å². The molecule has 2 aromatic rings. The molecule has 0 fully saturated rings. The highest BCUT2D eigenvalue weighted by Gasteiger charge is 2.24. The Bertz CT molecular complexity index is 712. The Morgan fingerprint density at radius 2 is 2.04 bits per heavy atom. The summed E-state index contributed by atoms with van der Waals surface area (Å²) in [4.78, 5) is 12.6. The third-order valence-electron chi connectivity index (χ3n) is 4.50. The van der Waals surface area contributed by atoms with Crippen molar-refractivity contribution in [3.63, 3.8) is 0 Å². The van der Waals surface area contributed by atoms with Crippen LogP contribution < -0.4 is 5.32 Å². The van der Waals surface area contributed by atoms with Crippen LogP contribution in [0.5, 0.6) is 0 Å². The highest BCUT2D eigenvalue weighted by atomic mass is 16.5. The third kappa shape index (κ3) is 4.08. The number of nitrogens with one attached hydrogen (secondary N) is 1. The van der Waals surface area contributed by atoms with E-state index in [4.69, 9.17) is 4.74 Å². The van der Waals surface area contributed by atoms with Gasteiger partial charge in [0.2, 0.25) is 0 Å². The van der Waals surface area contributed by atoms with Crippen molar-refractivity contribution in [1.82, 2.24) is 15.1 Å². The molecule has 2 N–H and O–H groups in total. The highest BCUT2D eigenvalue weighted by molar-refractivity contribution is 5.94. The molecule has 3 rings (SSSR count). The summed E-state index contributed by atoms with van der Waals surface area (Å²) >= 11 is 0. The van der Waals surface area contributed by atoms with Gasteiger partial charge in [0.25, 0.3) is 5.91 Å². The lowest BCUT2D eigenvalue weighted by Gasteiger charge is -2.10. The summed E-state index contributed by atoms with van der Waals surface area (Å²) in [5.74, 6) is -0.233. The lowest BCUT2D eigenvalue weighted by atomic mass is 10.1. The smallest absolute Gasteiger partial charge is 0.272 e. The number of rotatable bonds is 6. The number of carbonyl (C=O) groups excluding carboxylic acids is 1. The summed E-state index contributed by atoms with van der Waals surface area (Å²) in [6.45, 7) is 0.344. The van der Waals surface area contributed by atoms with Crippen LogP contribution in [0, 0.1) is 0 Å². The molecule has 0 bridgehead atoms. The molecule has 1 heterocycles. The van der Waals surface area contributed by atoms with Crippen molar-refractivity contribution in [3.8, 4) is 5.69 Å².